The van der Waals surface area contributed by atoms with Crippen LogP contribution in [-0.2, 0) is 16.0 Å². The van der Waals surface area contributed by atoms with Crippen molar-refractivity contribution in [2.75, 3.05) is 0 Å². The standard InChI is InChI=1S/C14H12N2O3/c17-6-5-11-13-9(7-12(15-11)14(18)19)8-3-1-2-4-10(8)16-13/h1-5,11-12,15-16H,7H2,(H,18,19)/t11-,12+/m1/s1. The molecule has 0 spiro atoms. The van der Waals surface area contributed by atoms with Gasteiger partial charge in [0.05, 0.1) is 6.04 Å². The van der Waals surface area contributed by atoms with Gasteiger partial charge in [-0.3, -0.25) is 10.1 Å². The maximum absolute atomic E-state index is 11.2. The largest absolute Gasteiger partial charge is 0.480 e. The van der Waals surface area contributed by atoms with Crippen LogP contribution < -0.4 is 5.32 Å². The third-order valence-corrected chi connectivity index (χ3v) is 3.48. The van der Waals surface area contributed by atoms with Gasteiger partial charge >= 0.3 is 5.97 Å². The van der Waals surface area contributed by atoms with E-state index in [1.165, 1.54) is 6.08 Å². The average Bonchev–Trinajstić information content (AvgIpc) is 2.78. The van der Waals surface area contributed by atoms with Crippen LogP contribution in [0, 0.1) is 0 Å². The average molecular weight is 256 g/mol. The molecule has 0 aliphatic carbocycles. The van der Waals surface area contributed by atoms with Crippen molar-refractivity contribution < 1.29 is 14.7 Å². The number of carbonyl (C=O) groups is 1. The van der Waals surface area contributed by atoms with Gasteiger partial charge in [-0.1, -0.05) is 18.2 Å². The van der Waals surface area contributed by atoms with Crippen molar-refractivity contribution in [1.29, 1.82) is 0 Å². The first-order valence-electron chi connectivity index (χ1n) is 6.00. The molecule has 2 aromatic rings. The molecular weight excluding hydrogens is 244 g/mol. The summed E-state index contributed by atoms with van der Waals surface area (Å²) in [5.41, 5.74) is 2.75. The highest BCUT2D eigenvalue weighted by molar-refractivity contribution is 5.87. The van der Waals surface area contributed by atoms with Gasteiger partial charge in [-0.05, 0) is 11.6 Å². The molecule has 5 nitrogen and oxygen atoms in total. The first-order valence-corrected chi connectivity index (χ1v) is 6.00. The fourth-order valence-corrected chi connectivity index (χ4v) is 2.63. The van der Waals surface area contributed by atoms with Crippen molar-refractivity contribution in [3.05, 3.63) is 41.6 Å². The fourth-order valence-electron chi connectivity index (χ4n) is 2.63. The van der Waals surface area contributed by atoms with E-state index in [2.05, 4.69) is 10.3 Å². The highest BCUT2D eigenvalue weighted by atomic mass is 16.4. The normalized spacial score (nSPS) is 21.7. The molecular formula is C14H12N2O3. The second kappa shape index (κ2) is 4.39. The zero-order valence-corrected chi connectivity index (χ0v) is 10.0. The second-order valence-electron chi connectivity index (χ2n) is 4.59. The molecule has 3 rings (SSSR count). The Morgan fingerprint density at radius 1 is 1.42 bits per heavy atom. The summed E-state index contributed by atoms with van der Waals surface area (Å²) in [5, 5.41) is 13.1. The number of aliphatic carboxylic acids is 1. The van der Waals surface area contributed by atoms with Gasteiger partial charge in [0.2, 0.25) is 0 Å². The smallest absolute Gasteiger partial charge is 0.321 e. The lowest BCUT2D eigenvalue weighted by molar-refractivity contribution is -0.139. The van der Waals surface area contributed by atoms with Gasteiger partial charge in [0.1, 0.15) is 12.0 Å². The first kappa shape index (κ1) is 11.7. The van der Waals surface area contributed by atoms with E-state index in [1.807, 2.05) is 24.3 Å². The number of carboxylic acid groups (broad SMARTS) is 1. The molecule has 2 atom stereocenters. The summed E-state index contributed by atoms with van der Waals surface area (Å²) >= 11 is 0. The van der Waals surface area contributed by atoms with Gasteiger partial charge in [-0.2, -0.15) is 0 Å². The van der Waals surface area contributed by atoms with E-state index in [0.717, 1.165) is 22.2 Å². The van der Waals surface area contributed by atoms with E-state index in [-0.39, 0.29) is 0 Å². The van der Waals surface area contributed by atoms with Crippen LogP contribution in [0.2, 0.25) is 0 Å². The van der Waals surface area contributed by atoms with E-state index in [9.17, 15) is 14.7 Å². The van der Waals surface area contributed by atoms with Crippen molar-refractivity contribution in [2.45, 2.75) is 18.5 Å². The minimum Gasteiger partial charge on any atom is -0.480 e. The Morgan fingerprint density at radius 2 is 2.21 bits per heavy atom. The van der Waals surface area contributed by atoms with Crippen LogP contribution in [0.5, 0.6) is 0 Å². The molecule has 0 saturated heterocycles. The van der Waals surface area contributed by atoms with Gasteiger partial charge in [0, 0.05) is 29.1 Å². The lowest BCUT2D eigenvalue weighted by Gasteiger charge is -2.26. The highest BCUT2D eigenvalue weighted by Crippen LogP contribution is 2.32. The predicted molar refractivity (Wildman–Crippen MR) is 69.6 cm³/mol. The molecule has 1 aromatic heterocycles. The van der Waals surface area contributed by atoms with E-state index >= 15 is 0 Å². The SMILES string of the molecule is O=C=C[C@H]1N[C@H](C(=O)O)Cc2c1[nH]c1ccccc21. The van der Waals surface area contributed by atoms with Crippen LogP contribution in [0.15, 0.2) is 30.3 Å². The molecule has 1 aliphatic heterocycles. The summed E-state index contributed by atoms with van der Waals surface area (Å²) < 4.78 is 0. The van der Waals surface area contributed by atoms with Crippen molar-refractivity contribution in [3.8, 4) is 0 Å². The zero-order chi connectivity index (χ0) is 13.4. The van der Waals surface area contributed by atoms with Crippen LogP contribution in [0.1, 0.15) is 17.3 Å². The molecule has 0 radical (unpaired) electrons. The molecule has 0 amide bonds. The molecule has 0 bridgehead atoms. The van der Waals surface area contributed by atoms with E-state index < -0.39 is 18.1 Å². The van der Waals surface area contributed by atoms with Crippen LogP contribution in [0.3, 0.4) is 0 Å². The molecule has 19 heavy (non-hydrogen) atoms. The van der Waals surface area contributed by atoms with Gasteiger partial charge in [0.15, 0.2) is 0 Å². The number of nitrogens with one attached hydrogen (secondary N) is 2. The minimum absolute atomic E-state index is 0.401. The highest BCUT2D eigenvalue weighted by Gasteiger charge is 2.31. The zero-order valence-electron chi connectivity index (χ0n) is 10.0. The van der Waals surface area contributed by atoms with Gasteiger partial charge < -0.3 is 10.1 Å². The Labute approximate surface area is 108 Å². The molecule has 5 heteroatoms. The Hall–Kier alpha value is -2.36. The number of para-hydroxylation sites is 1. The van der Waals surface area contributed by atoms with Gasteiger partial charge in [0.25, 0.3) is 0 Å². The maximum atomic E-state index is 11.2. The number of H-pyrrole nitrogens is 1. The lowest BCUT2D eigenvalue weighted by Crippen LogP contribution is -2.44. The third-order valence-electron chi connectivity index (χ3n) is 3.48. The number of carboxylic acids is 1. The number of benzene rings is 1. The van der Waals surface area contributed by atoms with Crippen molar-refractivity contribution in [2.24, 2.45) is 0 Å². The quantitative estimate of drug-likeness (QED) is 0.705. The van der Waals surface area contributed by atoms with Crippen LogP contribution >= 0.6 is 0 Å². The molecule has 0 fully saturated rings. The number of carbonyl (C=O) groups excluding carboxylic acids is 1. The summed E-state index contributed by atoms with van der Waals surface area (Å²) in [6.45, 7) is 0. The molecule has 0 saturated carbocycles. The Morgan fingerprint density at radius 3 is 2.95 bits per heavy atom. The van der Waals surface area contributed by atoms with Crippen LogP contribution in [0.4, 0.5) is 0 Å². The van der Waals surface area contributed by atoms with Crippen molar-refractivity contribution in [3.63, 3.8) is 0 Å². The Kier molecular flexibility index (Phi) is 2.71. The molecule has 0 unspecified atom stereocenters. The number of aromatic nitrogens is 1. The van der Waals surface area contributed by atoms with Crippen molar-refractivity contribution in [1.82, 2.24) is 10.3 Å². The van der Waals surface area contributed by atoms with Gasteiger partial charge in [-0.15, -0.1) is 0 Å². The predicted octanol–water partition coefficient (Wildman–Crippen LogP) is 1.20. The number of rotatable bonds is 2. The molecule has 1 aliphatic rings. The Bertz CT molecular complexity index is 698. The molecule has 2 heterocycles. The van der Waals surface area contributed by atoms with Crippen molar-refractivity contribution >= 4 is 22.8 Å². The minimum atomic E-state index is -0.916. The third kappa shape index (κ3) is 1.85. The first-order chi connectivity index (χ1) is 9.20. The summed E-state index contributed by atoms with van der Waals surface area (Å²) in [4.78, 5) is 25.0. The molecule has 3 N–H and O–H groups in total. The summed E-state index contributed by atoms with van der Waals surface area (Å²) in [5.74, 6) is 0.815. The molecule has 96 valence electrons. The second-order valence-corrected chi connectivity index (χ2v) is 4.59. The van der Waals surface area contributed by atoms with Crippen LogP contribution in [0.25, 0.3) is 10.9 Å². The number of aromatic amines is 1. The maximum Gasteiger partial charge on any atom is 0.321 e. The Balaban J connectivity index is 2.19. The lowest BCUT2D eigenvalue weighted by atomic mass is 9.94. The van der Waals surface area contributed by atoms with E-state index in [0.29, 0.717) is 6.42 Å². The number of hydrogen-bond acceptors (Lipinski definition) is 3. The van der Waals surface area contributed by atoms with Gasteiger partial charge in [-0.25, -0.2) is 4.79 Å². The van der Waals surface area contributed by atoms with E-state index in [4.69, 9.17) is 0 Å². The topological polar surface area (TPSA) is 82.2 Å². The van der Waals surface area contributed by atoms with Crippen LogP contribution in [-0.4, -0.2) is 28.0 Å². The summed E-state index contributed by atoms with van der Waals surface area (Å²) in [6, 6.07) is 6.59. The monoisotopic (exact) mass is 256 g/mol. The van der Waals surface area contributed by atoms with E-state index in [1.54, 1.807) is 5.94 Å². The number of fused-ring (bicyclic) bond motifs is 3. The summed E-state index contributed by atoms with van der Waals surface area (Å²) in [6.07, 6.45) is 1.71. The fraction of sp³-hybridized carbons (Fsp3) is 0.214. The summed E-state index contributed by atoms with van der Waals surface area (Å²) in [7, 11) is 0. The number of hydrogen-bond donors (Lipinski definition) is 3. The molecule has 1 aromatic carbocycles.